The number of anilines is 1. The maximum atomic E-state index is 12.6. The number of hydrogen-bond acceptors (Lipinski definition) is 5. The minimum absolute atomic E-state index is 0.122. The molecule has 0 unspecified atom stereocenters. The SMILES string of the molecule is CCOc1ccc(CNC(=O)c2ccc(CN(c3ccccc3OCC)S(C)(=O)=O)cc2)cc1. The van der Waals surface area contributed by atoms with Crippen molar-refractivity contribution < 1.29 is 22.7 Å². The van der Waals surface area contributed by atoms with Gasteiger partial charge in [0.25, 0.3) is 5.91 Å². The van der Waals surface area contributed by atoms with Crippen LogP contribution in [-0.4, -0.2) is 33.8 Å². The van der Waals surface area contributed by atoms with Gasteiger partial charge in [0.2, 0.25) is 10.0 Å². The third-order valence-electron chi connectivity index (χ3n) is 5.06. The maximum absolute atomic E-state index is 12.6. The van der Waals surface area contributed by atoms with E-state index in [1.54, 1.807) is 48.5 Å². The second kappa shape index (κ2) is 11.6. The van der Waals surface area contributed by atoms with E-state index in [0.717, 1.165) is 16.9 Å². The molecule has 3 aromatic carbocycles. The molecule has 0 aliphatic rings. The largest absolute Gasteiger partial charge is 0.494 e. The molecule has 0 aromatic heterocycles. The van der Waals surface area contributed by atoms with Crippen molar-refractivity contribution in [2.75, 3.05) is 23.8 Å². The molecular formula is C26H30N2O5S. The first-order valence-electron chi connectivity index (χ1n) is 11.1. The molecule has 0 saturated carbocycles. The highest BCUT2D eigenvalue weighted by Crippen LogP contribution is 2.31. The zero-order chi connectivity index (χ0) is 24.6. The van der Waals surface area contributed by atoms with Crippen LogP contribution < -0.4 is 19.1 Å². The number of nitrogens with one attached hydrogen (secondary N) is 1. The summed E-state index contributed by atoms with van der Waals surface area (Å²) in [6.07, 6.45) is 1.17. The molecular weight excluding hydrogens is 452 g/mol. The Balaban J connectivity index is 1.68. The predicted molar refractivity (Wildman–Crippen MR) is 134 cm³/mol. The van der Waals surface area contributed by atoms with Gasteiger partial charge >= 0.3 is 0 Å². The van der Waals surface area contributed by atoms with Crippen molar-refractivity contribution >= 4 is 21.6 Å². The summed E-state index contributed by atoms with van der Waals surface area (Å²) >= 11 is 0. The molecule has 0 atom stereocenters. The molecule has 0 saturated heterocycles. The van der Waals surface area contributed by atoms with Crippen molar-refractivity contribution in [3.05, 3.63) is 89.5 Å². The summed E-state index contributed by atoms with van der Waals surface area (Å²) in [4.78, 5) is 12.6. The van der Waals surface area contributed by atoms with Crippen LogP contribution in [0.2, 0.25) is 0 Å². The number of ether oxygens (including phenoxy) is 2. The normalized spacial score (nSPS) is 11.0. The molecule has 0 spiro atoms. The summed E-state index contributed by atoms with van der Waals surface area (Å²) in [7, 11) is -3.56. The van der Waals surface area contributed by atoms with Gasteiger partial charge in [0.15, 0.2) is 0 Å². The topological polar surface area (TPSA) is 84.9 Å². The highest BCUT2D eigenvalue weighted by Gasteiger charge is 2.21. The first-order valence-corrected chi connectivity index (χ1v) is 12.9. The van der Waals surface area contributed by atoms with Crippen LogP contribution in [0.5, 0.6) is 11.5 Å². The number of hydrogen-bond donors (Lipinski definition) is 1. The molecule has 0 aliphatic heterocycles. The van der Waals surface area contributed by atoms with Crippen LogP contribution in [0.15, 0.2) is 72.8 Å². The molecule has 1 amide bonds. The highest BCUT2D eigenvalue weighted by atomic mass is 32.2. The van der Waals surface area contributed by atoms with Crippen molar-refractivity contribution in [3.8, 4) is 11.5 Å². The Morgan fingerprint density at radius 1 is 0.853 bits per heavy atom. The van der Waals surface area contributed by atoms with Crippen molar-refractivity contribution in [1.82, 2.24) is 5.32 Å². The van der Waals surface area contributed by atoms with Crippen LogP contribution in [0.3, 0.4) is 0 Å². The third-order valence-corrected chi connectivity index (χ3v) is 6.19. The molecule has 0 heterocycles. The Morgan fingerprint density at radius 3 is 2.09 bits per heavy atom. The van der Waals surface area contributed by atoms with Crippen LogP contribution in [-0.2, 0) is 23.1 Å². The van der Waals surface area contributed by atoms with Crippen LogP contribution in [0, 0.1) is 0 Å². The Bertz CT molecular complexity index is 1190. The molecule has 0 fully saturated rings. The van der Waals surface area contributed by atoms with Crippen molar-refractivity contribution in [3.63, 3.8) is 0 Å². The van der Waals surface area contributed by atoms with Gasteiger partial charge in [0.05, 0.1) is 31.7 Å². The van der Waals surface area contributed by atoms with E-state index < -0.39 is 10.0 Å². The van der Waals surface area contributed by atoms with Crippen LogP contribution in [0.1, 0.15) is 35.3 Å². The number of amides is 1. The third kappa shape index (κ3) is 6.74. The van der Waals surface area contributed by atoms with Gasteiger partial charge in [-0.05, 0) is 61.4 Å². The fraction of sp³-hybridized carbons (Fsp3) is 0.269. The van der Waals surface area contributed by atoms with Crippen LogP contribution in [0.4, 0.5) is 5.69 Å². The summed E-state index contributed by atoms with van der Waals surface area (Å²) in [6, 6.07) is 21.5. The lowest BCUT2D eigenvalue weighted by Gasteiger charge is -2.24. The lowest BCUT2D eigenvalue weighted by Crippen LogP contribution is -2.29. The van der Waals surface area contributed by atoms with E-state index >= 15 is 0 Å². The number of carbonyl (C=O) groups is 1. The second-order valence-electron chi connectivity index (χ2n) is 7.63. The lowest BCUT2D eigenvalue weighted by molar-refractivity contribution is 0.0951. The van der Waals surface area contributed by atoms with E-state index in [1.807, 2.05) is 38.1 Å². The van der Waals surface area contributed by atoms with Gasteiger partial charge in [0, 0.05) is 12.1 Å². The van der Waals surface area contributed by atoms with Crippen molar-refractivity contribution in [2.24, 2.45) is 0 Å². The maximum Gasteiger partial charge on any atom is 0.251 e. The van der Waals surface area contributed by atoms with Gasteiger partial charge in [-0.3, -0.25) is 9.10 Å². The monoisotopic (exact) mass is 482 g/mol. The molecule has 34 heavy (non-hydrogen) atoms. The number of para-hydroxylation sites is 2. The fourth-order valence-corrected chi connectivity index (χ4v) is 4.30. The Labute approximate surface area is 201 Å². The van der Waals surface area contributed by atoms with Gasteiger partial charge in [-0.2, -0.15) is 0 Å². The van der Waals surface area contributed by atoms with E-state index in [0.29, 0.717) is 36.8 Å². The van der Waals surface area contributed by atoms with E-state index in [-0.39, 0.29) is 12.5 Å². The number of rotatable bonds is 11. The number of sulfonamides is 1. The van der Waals surface area contributed by atoms with Gasteiger partial charge < -0.3 is 14.8 Å². The van der Waals surface area contributed by atoms with Crippen molar-refractivity contribution in [2.45, 2.75) is 26.9 Å². The van der Waals surface area contributed by atoms with Gasteiger partial charge in [-0.25, -0.2) is 8.42 Å². The standard InChI is InChI=1S/C26H30N2O5S/c1-4-32-23-16-12-20(13-17-23)18-27-26(29)22-14-10-21(11-15-22)19-28(34(3,30)31)24-8-6-7-9-25(24)33-5-2/h6-17H,4-5,18-19H2,1-3H3,(H,27,29). The summed E-state index contributed by atoms with van der Waals surface area (Å²) in [6.45, 7) is 5.32. The molecule has 3 rings (SSSR count). The number of benzene rings is 3. The van der Waals surface area contributed by atoms with Crippen molar-refractivity contribution in [1.29, 1.82) is 0 Å². The zero-order valence-corrected chi connectivity index (χ0v) is 20.5. The van der Waals surface area contributed by atoms with Gasteiger partial charge in [-0.1, -0.05) is 36.4 Å². The van der Waals surface area contributed by atoms with Crippen LogP contribution >= 0.6 is 0 Å². The first kappa shape index (κ1) is 25.1. The number of carbonyl (C=O) groups excluding carboxylic acids is 1. The Hall–Kier alpha value is -3.52. The molecule has 0 radical (unpaired) electrons. The van der Waals surface area contributed by atoms with Crippen LogP contribution in [0.25, 0.3) is 0 Å². The minimum Gasteiger partial charge on any atom is -0.494 e. The van der Waals surface area contributed by atoms with E-state index in [1.165, 1.54) is 10.6 Å². The predicted octanol–water partition coefficient (Wildman–Crippen LogP) is 4.38. The Kier molecular flexibility index (Phi) is 8.54. The quantitative estimate of drug-likeness (QED) is 0.438. The zero-order valence-electron chi connectivity index (χ0n) is 19.7. The second-order valence-corrected chi connectivity index (χ2v) is 9.53. The highest BCUT2D eigenvalue weighted by molar-refractivity contribution is 7.92. The number of nitrogens with zero attached hydrogens (tertiary/aromatic N) is 1. The van der Waals surface area contributed by atoms with E-state index in [4.69, 9.17) is 9.47 Å². The molecule has 0 bridgehead atoms. The smallest absolute Gasteiger partial charge is 0.251 e. The summed E-state index contributed by atoms with van der Waals surface area (Å²) in [5.41, 5.74) is 2.68. The molecule has 180 valence electrons. The van der Waals surface area contributed by atoms with E-state index in [2.05, 4.69) is 5.32 Å². The fourth-order valence-electron chi connectivity index (χ4n) is 3.40. The molecule has 1 N–H and O–H groups in total. The average molecular weight is 483 g/mol. The summed E-state index contributed by atoms with van der Waals surface area (Å²) in [5, 5.41) is 2.90. The molecule has 3 aromatic rings. The van der Waals surface area contributed by atoms with Gasteiger partial charge in [-0.15, -0.1) is 0 Å². The minimum atomic E-state index is -3.56. The first-order chi connectivity index (χ1) is 16.3. The Morgan fingerprint density at radius 2 is 1.47 bits per heavy atom. The van der Waals surface area contributed by atoms with E-state index in [9.17, 15) is 13.2 Å². The van der Waals surface area contributed by atoms with Gasteiger partial charge in [0.1, 0.15) is 11.5 Å². The lowest BCUT2D eigenvalue weighted by atomic mass is 10.1. The average Bonchev–Trinajstić information content (AvgIpc) is 2.82. The summed E-state index contributed by atoms with van der Waals surface area (Å²) < 4.78 is 37.4. The molecule has 8 heteroatoms. The summed E-state index contributed by atoms with van der Waals surface area (Å²) in [5.74, 6) is 1.09. The molecule has 0 aliphatic carbocycles. The molecule has 7 nitrogen and oxygen atoms in total.